The molecule has 0 aromatic rings. The van der Waals surface area contributed by atoms with Gasteiger partial charge in [0.1, 0.15) is 0 Å². The summed E-state index contributed by atoms with van der Waals surface area (Å²) in [6, 6.07) is -0.664. The predicted octanol–water partition coefficient (Wildman–Crippen LogP) is -0.373. The fraction of sp³-hybridized carbons (Fsp3) is 0.700. The van der Waals surface area contributed by atoms with Crippen LogP contribution in [0.25, 0.3) is 0 Å². The smallest absolute Gasteiger partial charge is 0.321 e. The summed E-state index contributed by atoms with van der Waals surface area (Å²) in [7, 11) is 0. The SMILES string of the molecule is CCNC(=O)NC(=O)CN(CC(=O)O)C(C)C. The molecule has 0 heterocycles. The predicted molar refractivity (Wildman–Crippen MR) is 61.6 cm³/mol. The first-order valence-electron chi connectivity index (χ1n) is 5.40. The number of hydrogen-bond donors (Lipinski definition) is 3. The maximum absolute atomic E-state index is 11.4. The van der Waals surface area contributed by atoms with Gasteiger partial charge in [0, 0.05) is 12.6 Å². The molecule has 0 aromatic heterocycles. The number of carbonyl (C=O) groups is 3. The lowest BCUT2D eigenvalue weighted by atomic mass is 10.3. The van der Waals surface area contributed by atoms with Gasteiger partial charge in [0.15, 0.2) is 0 Å². The third kappa shape index (κ3) is 7.29. The number of rotatable bonds is 6. The molecule has 7 heteroatoms. The molecule has 0 atom stereocenters. The number of urea groups is 1. The van der Waals surface area contributed by atoms with Crippen LogP contribution < -0.4 is 10.6 Å². The van der Waals surface area contributed by atoms with E-state index in [4.69, 9.17) is 5.11 Å². The van der Waals surface area contributed by atoms with Gasteiger partial charge in [-0.2, -0.15) is 0 Å². The van der Waals surface area contributed by atoms with Gasteiger partial charge in [0.05, 0.1) is 13.1 Å². The van der Waals surface area contributed by atoms with Crippen LogP contribution in [0.4, 0.5) is 4.79 Å². The highest BCUT2D eigenvalue weighted by Crippen LogP contribution is 1.96. The molecule has 3 N–H and O–H groups in total. The van der Waals surface area contributed by atoms with Crippen LogP contribution in [0.5, 0.6) is 0 Å². The Morgan fingerprint density at radius 2 is 1.82 bits per heavy atom. The van der Waals surface area contributed by atoms with Crippen molar-refractivity contribution in [3.8, 4) is 0 Å². The third-order valence-corrected chi connectivity index (χ3v) is 2.01. The molecule has 0 aliphatic carbocycles. The van der Waals surface area contributed by atoms with Crippen LogP contribution in [0.2, 0.25) is 0 Å². The minimum atomic E-state index is -1.01. The summed E-state index contributed by atoms with van der Waals surface area (Å²) < 4.78 is 0. The van der Waals surface area contributed by atoms with Gasteiger partial charge in [-0.15, -0.1) is 0 Å². The number of nitrogens with zero attached hydrogens (tertiary/aromatic N) is 1. The lowest BCUT2D eigenvalue weighted by Crippen LogP contribution is -2.47. The summed E-state index contributed by atoms with van der Waals surface area (Å²) in [5.74, 6) is -1.53. The van der Waals surface area contributed by atoms with E-state index in [-0.39, 0.29) is 19.1 Å². The van der Waals surface area contributed by atoms with Crippen LogP contribution in [-0.4, -0.2) is 53.6 Å². The molecule has 7 nitrogen and oxygen atoms in total. The van der Waals surface area contributed by atoms with Crippen molar-refractivity contribution in [2.24, 2.45) is 0 Å². The zero-order valence-electron chi connectivity index (χ0n) is 10.3. The van der Waals surface area contributed by atoms with Gasteiger partial charge in [0.2, 0.25) is 5.91 Å². The molecule has 98 valence electrons. The van der Waals surface area contributed by atoms with E-state index >= 15 is 0 Å². The molecule has 3 amide bonds. The Morgan fingerprint density at radius 3 is 2.24 bits per heavy atom. The second kappa shape index (κ2) is 7.61. The summed E-state index contributed by atoms with van der Waals surface area (Å²) in [5.41, 5.74) is 0. The molecular formula is C10H19N3O4. The quantitative estimate of drug-likeness (QED) is 0.593. The summed E-state index contributed by atoms with van der Waals surface area (Å²) in [5, 5.41) is 13.2. The number of carbonyl (C=O) groups excluding carboxylic acids is 2. The second-order valence-electron chi connectivity index (χ2n) is 3.80. The van der Waals surface area contributed by atoms with Crippen molar-refractivity contribution < 1.29 is 19.5 Å². The van der Waals surface area contributed by atoms with E-state index < -0.39 is 17.9 Å². The number of aliphatic carboxylic acids is 1. The zero-order chi connectivity index (χ0) is 13.4. The maximum atomic E-state index is 11.4. The summed E-state index contributed by atoms with van der Waals surface area (Å²) in [4.78, 5) is 34.5. The van der Waals surface area contributed by atoms with Crippen LogP contribution in [-0.2, 0) is 9.59 Å². The summed E-state index contributed by atoms with van der Waals surface area (Å²) in [6.45, 7) is 5.35. The number of carboxylic acid groups (broad SMARTS) is 1. The topological polar surface area (TPSA) is 98.7 Å². The Kier molecular flexibility index (Phi) is 6.88. The average molecular weight is 245 g/mol. The van der Waals surface area contributed by atoms with Crippen LogP contribution in [0, 0.1) is 0 Å². The third-order valence-electron chi connectivity index (χ3n) is 2.01. The van der Waals surface area contributed by atoms with Gasteiger partial charge in [-0.05, 0) is 20.8 Å². The van der Waals surface area contributed by atoms with E-state index in [0.29, 0.717) is 6.54 Å². The van der Waals surface area contributed by atoms with Crippen molar-refractivity contribution in [3.63, 3.8) is 0 Å². The molecular weight excluding hydrogens is 226 g/mol. The lowest BCUT2D eigenvalue weighted by molar-refractivity contribution is -0.139. The fourth-order valence-electron chi connectivity index (χ4n) is 1.15. The van der Waals surface area contributed by atoms with Gasteiger partial charge >= 0.3 is 12.0 Å². The maximum Gasteiger partial charge on any atom is 0.321 e. The van der Waals surface area contributed by atoms with Crippen molar-refractivity contribution in [2.75, 3.05) is 19.6 Å². The minimum Gasteiger partial charge on any atom is -0.480 e. The number of nitrogens with one attached hydrogen (secondary N) is 2. The van der Waals surface area contributed by atoms with Crippen LogP contribution in [0.3, 0.4) is 0 Å². The van der Waals surface area contributed by atoms with E-state index in [1.165, 1.54) is 4.90 Å². The Hall–Kier alpha value is -1.63. The second-order valence-corrected chi connectivity index (χ2v) is 3.80. The number of hydrogen-bond acceptors (Lipinski definition) is 4. The number of amides is 3. The van der Waals surface area contributed by atoms with Crippen molar-refractivity contribution in [1.82, 2.24) is 15.5 Å². The first kappa shape index (κ1) is 15.4. The standard InChI is InChI=1S/C10H19N3O4/c1-4-11-10(17)12-8(14)5-13(7(2)3)6-9(15)16/h7H,4-6H2,1-3H3,(H,15,16)(H2,11,12,14,17). The molecule has 17 heavy (non-hydrogen) atoms. The van der Waals surface area contributed by atoms with E-state index in [0.717, 1.165) is 0 Å². The zero-order valence-corrected chi connectivity index (χ0v) is 10.3. The molecule has 0 radical (unpaired) electrons. The highest BCUT2D eigenvalue weighted by molar-refractivity contribution is 5.95. The molecule has 0 aromatic carbocycles. The summed E-state index contributed by atoms with van der Waals surface area (Å²) >= 11 is 0. The van der Waals surface area contributed by atoms with Crippen molar-refractivity contribution in [1.29, 1.82) is 0 Å². The molecule has 0 rings (SSSR count). The largest absolute Gasteiger partial charge is 0.480 e. The van der Waals surface area contributed by atoms with Gasteiger partial charge < -0.3 is 10.4 Å². The van der Waals surface area contributed by atoms with Crippen LogP contribution >= 0.6 is 0 Å². The lowest BCUT2D eigenvalue weighted by Gasteiger charge is -2.23. The molecule has 0 aliphatic rings. The average Bonchev–Trinajstić information content (AvgIpc) is 2.15. The first-order valence-corrected chi connectivity index (χ1v) is 5.40. The highest BCUT2D eigenvalue weighted by Gasteiger charge is 2.17. The minimum absolute atomic E-state index is 0.0916. The first-order chi connectivity index (χ1) is 7.86. The van der Waals surface area contributed by atoms with Crippen molar-refractivity contribution >= 4 is 17.9 Å². The molecule has 0 unspecified atom stereocenters. The normalized spacial score (nSPS) is 10.4. The van der Waals surface area contributed by atoms with Gasteiger partial charge in [-0.1, -0.05) is 0 Å². The Balaban J connectivity index is 4.21. The van der Waals surface area contributed by atoms with Crippen molar-refractivity contribution in [3.05, 3.63) is 0 Å². The fourth-order valence-corrected chi connectivity index (χ4v) is 1.15. The Morgan fingerprint density at radius 1 is 1.24 bits per heavy atom. The van der Waals surface area contributed by atoms with E-state index in [9.17, 15) is 14.4 Å². The highest BCUT2D eigenvalue weighted by atomic mass is 16.4. The Labute approximate surface area is 100 Å². The summed E-state index contributed by atoms with van der Waals surface area (Å²) in [6.07, 6.45) is 0. The molecule has 0 fully saturated rings. The monoisotopic (exact) mass is 245 g/mol. The Bertz CT molecular complexity index is 291. The van der Waals surface area contributed by atoms with Crippen LogP contribution in [0.1, 0.15) is 20.8 Å². The molecule has 0 bridgehead atoms. The van der Waals surface area contributed by atoms with E-state index in [1.807, 2.05) is 0 Å². The van der Waals surface area contributed by atoms with Gasteiger partial charge in [0.25, 0.3) is 0 Å². The van der Waals surface area contributed by atoms with Gasteiger partial charge in [-0.3, -0.25) is 19.8 Å². The molecule has 0 aliphatic heterocycles. The molecule has 0 saturated carbocycles. The van der Waals surface area contributed by atoms with E-state index in [2.05, 4.69) is 10.6 Å². The van der Waals surface area contributed by atoms with Gasteiger partial charge in [-0.25, -0.2) is 4.79 Å². The molecule has 0 saturated heterocycles. The number of carboxylic acids is 1. The van der Waals surface area contributed by atoms with Crippen LogP contribution in [0.15, 0.2) is 0 Å². The molecule has 0 spiro atoms. The van der Waals surface area contributed by atoms with Crippen molar-refractivity contribution in [2.45, 2.75) is 26.8 Å². The van der Waals surface area contributed by atoms with E-state index in [1.54, 1.807) is 20.8 Å². The number of imide groups is 1.